The topological polar surface area (TPSA) is 45.2 Å². The monoisotopic (exact) mass is 600 g/mol. The van der Waals surface area contributed by atoms with Crippen LogP contribution in [0.4, 0.5) is 0 Å². The van der Waals surface area contributed by atoms with Gasteiger partial charge in [-0.15, -0.1) is 0 Å². The average Bonchev–Trinajstić information content (AvgIpc) is 3.61. The van der Waals surface area contributed by atoms with Crippen molar-refractivity contribution in [2.24, 2.45) is 11.8 Å². The number of piperidine rings is 1. The van der Waals surface area contributed by atoms with Crippen LogP contribution in [0.3, 0.4) is 0 Å². The van der Waals surface area contributed by atoms with Gasteiger partial charge in [0.2, 0.25) is 0 Å². The van der Waals surface area contributed by atoms with Crippen LogP contribution in [0.1, 0.15) is 48.8 Å². The molecule has 4 unspecified atom stereocenters. The van der Waals surface area contributed by atoms with Gasteiger partial charge in [0.25, 0.3) is 0 Å². The molecular weight excluding hydrogens is 563 g/mol. The van der Waals surface area contributed by atoms with E-state index in [1.165, 1.54) is 36.9 Å². The summed E-state index contributed by atoms with van der Waals surface area (Å²) in [6.45, 7) is 5.26. The number of phenols is 1. The highest BCUT2D eigenvalue weighted by atomic mass is 127. The van der Waals surface area contributed by atoms with E-state index in [-0.39, 0.29) is 17.1 Å². The molecule has 0 aromatic heterocycles. The molecule has 0 amide bonds. The Labute approximate surface area is 228 Å². The number of benzene rings is 2. The molecule has 5 aliphatic rings. The molecule has 5 fully saturated rings. The minimum absolute atomic E-state index is 0.175. The zero-order valence-corrected chi connectivity index (χ0v) is 23.3. The molecule has 2 aromatic rings. The summed E-state index contributed by atoms with van der Waals surface area (Å²) in [5.74, 6) is 2.24. The Kier molecular flexibility index (Phi) is 5.84. The number of nitrogens with zero attached hydrogens (tertiary/aromatic N) is 2. The first-order valence-electron chi connectivity index (χ1n) is 13.7. The van der Waals surface area contributed by atoms with Crippen molar-refractivity contribution in [3.63, 3.8) is 0 Å². The van der Waals surface area contributed by atoms with E-state index in [1.54, 1.807) is 7.11 Å². The minimum atomic E-state index is -0.227. The molecule has 7 rings (SSSR count). The van der Waals surface area contributed by atoms with E-state index in [4.69, 9.17) is 9.47 Å². The van der Waals surface area contributed by atoms with E-state index in [0.717, 1.165) is 54.9 Å². The zero-order chi connectivity index (χ0) is 24.5. The highest BCUT2D eigenvalue weighted by molar-refractivity contribution is 14.1. The predicted octanol–water partition coefficient (Wildman–Crippen LogP) is 5.12. The number of aromatic hydroxyl groups is 1. The predicted molar refractivity (Wildman–Crippen MR) is 149 cm³/mol. The lowest BCUT2D eigenvalue weighted by Crippen LogP contribution is -2.67. The normalized spacial score (nSPS) is 35.7. The number of halogens is 1. The highest BCUT2D eigenvalue weighted by Gasteiger charge is 2.74. The number of phenolic OH excluding ortho intramolecular Hbond substituents is 1. The van der Waals surface area contributed by atoms with Crippen molar-refractivity contribution in [3.05, 3.63) is 59.2 Å². The number of ether oxygens (including phenoxy) is 2. The zero-order valence-electron chi connectivity index (χ0n) is 21.2. The van der Waals surface area contributed by atoms with Crippen molar-refractivity contribution in [3.8, 4) is 11.5 Å². The lowest BCUT2D eigenvalue weighted by Gasteiger charge is -2.59. The summed E-state index contributed by atoms with van der Waals surface area (Å²) < 4.78 is 13.9. The van der Waals surface area contributed by atoms with Crippen LogP contribution in [0.5, 0.6) is 11.5 Å². The number of hydrogen-bond donors (Lipinski definition) is 1. The fourth-order valence-electron chi connectivity index (χ4n) is 8.59. The minimum Gasteiger partial charge on any atom is -0.504 e. The third kappa shape index (κ3) is 3.43. The van der Waals surface area contributed by atoms with Crippen molar-refractivity contribution in [1.82, 2.24) is 9.80 Å². The molecule has 36 heavy (non-hydrogen) atoms. The smallest absolute Gasteiger partial charge is 0.161 e. The molecule has 5 nitrogen and oxygen atoms in total. The Balaban J connectivity index is 1.33. The number of alkyl halides is 1. The van der Waals surface area contributed by atoms with Gasteiger partial charge in [-0.2, -0.15) is 0 Å². The lowest BCUT2D eigenvalue weighted by molar-refractivity contribution is -0.135. The largest absolute Gasteiger partial charge is 0.504 e. The summed E-state index contributed by atoms with van der Waals surface area (Å²) >= 11 is 2.47. The third-order valence-electron chi connectivity index (χ3n) is 10.1. The van der Waals surface area contributed by atoms with Gasteiger partial charge in [-0.3, -0.25) is 4.90 Å². The van der Waals surface area contributed by atoms with Crippen LogP contribution in [0, 0.1) is 11.8 Å². The van der Waals surface area contributed by atoms with Crippen LogP contribution >= 0.6 is 22.6 Å². The maximum atomic E-state index is 11.8. The van der Waals surface area contributed by atoms with Crippen molar-refractivity contribution in [2.45, 2.75) is 66.2 Å². The van der Waals surface area contributed by atoms with Gasteiger partial charge in [0.15, 0.2) is 11.5 Å². The van der Waals surface area contributed by atoms with Crippen LogP contribution in [0.25, 0.3) is 0 Å². The van der Waals surface area contributed by atoms with E-state index in [0.29, 0.717) is 23.5 Å². The molecule has 3 saturated heterocycles. The second-order valence-electron chi connectivity index (χ2n) is 11.9. The first kappa shape index (κ1) is 23.7. The SMILES string of the molecule is COc1ccc(CI)c(C23CCN(CC4CC4)CC24CCC2C3[C@@H](CN2Cc2ccccc2)O4)c1O. The Hall–Kier alpha value is -1.35. The van der Waals surface area contributed by atoms with Crippen LogP contribution in [0.2, 0.25) is 0 Å². The van der Waals surface area contributed by atoms with E-state index in [1.807, 2.05) is 6.07 Å². The summed E-state index contributed by atoms with van der Waals surface area (Å²) in [5.41, 5.74) is 3.36. The van der Waals surface area contributed by atoms with Crippen LogP contribution in [0.15, 0.2) is 42.5 Å². The van der Waals surface area contributed by atoms with Gasteiger partial charge < -0.3 is 19.5 Å². The molecule has 6 heteroatoms. The Bertz CT molecular complexity index is 1140. The number of methoxy groups -OCH3 is 1. The summed E-state index contributed by atoms with van der Waals surface area (Å²) in [6.07, 6.45) is 6.28. The summed E-state index contributed by atoms with van der Waals surface area (Å²) in [5, 5.41) is 11.8. The molecule has 0 radical (unpaired) electrons. The molecule has 2 saturated carbocycles. The van der Waals surface area contributed by atoms with E-state index >= 15 is 0 Å². The summed E-state index contributed by atoms with van der Waals surface area (Å²) in [4.78, 5) is 5.38. The molecule has 3 aliphatic heterocycles. The van der Waals surface area contributed by atoms with Gasteiger partial charge in [-0.1, -0.05) is 59.0 Å². The molecule has 1 N–H and O–H groups in total. The Morgan fingerprint density at radius 2 is 1.94 bits per heavy atom. The van der Waals surface area contributed by atoms with E-state index in [9.17, 15) is 5.11 Å². The number of likely N-dealkylation sites (tertiary alicyclic amines) is 2. The molecule has 3 heterocycles. The maximum absolute atomic E-state index is 11.8. The molecule has 2 aromatic carbocycles. The van der Waals surface area contributed by atoms with Gasteiger partial charge in [-0.25, -0.2) is 0 Å². The molecule has 2 aliphatic carbocycles. The van der Waals surface area contributed by atoms with Gasteiger partial charge >= 0.3 is 0 Å². The Morgan fingerprint density at radius 3 is 2.69 bits per heavy atom. The second-order valence-corrected chi connectivity index (χ2v) is 12.6. The molecule has 5 atom stereocenters. The first-order chi connectivity index (χ1) is 17.6. The maximum Gasteiger partial charge on any atom is 0.161 e. The van der Waals surface area contributed by atoms with Crippen molar-refractivity contribution in [1.29, 1.82) is 0 Å². The lowest BCUT2D eigenvalue weighted by atomic mass is 9.51. The second kappa shape index (κ2) is 8.85. The number of hydrogen-bond acceptors (Lipinski definition) is 5. The van der Waals surface area contributed by atoms with Gasteiger partial charge in [0.1, 0.15) is 0 Å². The van der Waals surface area contributed by atoms with E-state index < -0.39 is 0 Å². The third-order valence-corrected chi connectivity index (χ3v) is 10.9. The van der Waals surface area contributed by atoms with Crippen LogP contribution < -0.4 is 4.74 Å². The van der Waals surface area contributed by atoms with Crippen LogP contribution in [-0.4, -0.2) is 65.9 Å². The highest BCUT2D eigenvalue weighted by Crippen LogP contribution is 2.68. The standard InChI is InChI=1S/C30H37IN2O3/c1-35-24-10-9-22(15-31)26(28(24)34)30-13-14-32(16-21-7-8-21)19-29(30)12-11-23-27(30)25(36-29)18-33(23)17-20-5-3-2-4-6-20/h2-6,9-10,21,23,25,27,34H,7-8,11-19H2,1H3/t23?,25-,27?,29?,30?/m1/s1. The Morgan fingerprint density at radius 1 is 1.11 bits per heavy atom. The summed E-state index contributed by atoms with van der Waals surface area (Å²) in [7, 11) is 1.67. The molecule has 0 spiro atoms. The number of rotatable bonds is 7. The van der Waals surface area contributed by atoms with Crippen LogP contribution in [-0.2, 0) is 21.1 Å². The van der Waals surface area contributed by atoms with Crippen molar-refractivity contribution >= 4 is 22.6 Å². The van der Waals surface area contributed by atoms with Gasteiger partial charge in [-0.05, 0) is 61.8 Å². The molecule has 2 bridgehead atoms. The molecule has 192 valence electrons. The molecular formula is C30H37IN2O3. The fourth-order valence-corrected chi connectivity index (χ4v) is 9.23. The van der Waals surface area contributed by atoms with Crippen molar-refractivity contribution in [2.75, 3.05) is 33.3 Å². The average molecular weight is 601 g/mol. The van der Waals surface area contributed by atoms with E-state index in [2.05, 4.69) is 68.8 Å². The summed E-state index contributed by atoms with van der Waals surface area (Å²) in [6, 6.07) is 15.5. The van der Waals surface area contributed by atoms with Crippen molar-refractivity contribution < 1.29 is 14.6 Å². The quantitative estimate of drug-likeness (QED) is 0.353. The first-order valence-corrected chi connectivity index (χ1v) is 15.2. The fraction of sp³-hybridized carbons (Fsp3) is 0.600. The van der Waals surface area contributed by atoms with Gasteiger partial charge in [0.05, 0.1) is 18.8 Å². The van der Waals surface area contributed by atoms with Gasteiger partial charge in [0, 0.05) is 53.5 Å².